The molecule has 5 heterocycles. The zero-order chi connectivity index (χ0) is 24.8. The largest absolute Gasteiger partial charge is 0.383 e. The predicted molar refractivity (Wildman–Crippen MR) is 130 cm³/mol. The summed E-state index contributed by atoms with van der Waals surface area (Å²) in [4.78, 5) is 42.7. The van der Waals surface area contributed by atoms with Crippen LogP contribution >= 0.6 is 0 Å². The Hall–Kier alpha value is -4.68. The number of aromatic amines is 1. The Kier molecular flexibility index (Phi) is 5.16. The topological polar surface area (TPSA) is 165 Å². The smallest absolute Gasteiger partial charge is 0.281 e. The highest BCUT2D eigenvalue weighted by molar-refractivity contribution is 6.08. The average molecular weight is 484 g/mol. The Morgan fingerprint density at radius 2 is 1.92 bits per heavy atom. The molecule has 36 heavy (non-hydrogen) atoms. The van der Waals surface area contributed by atoms with Crippen LogP contribution in [0, 0.1) is 0 Å². The second kappa shape index (κ2) is 8.52. The number of aliphatic hydroxyl groups excluding tert-OH is 1. The summed E-state index contributed by atoms with van der Waals surface area (Å²) in [6.07, 6.45) is 3.76. The lowest BCUT2D eigenvalue weighted by atomic mass is 10.1. The van der Waals surface area contributed by atoms with Crippen LogP contribution in [-0.4, -0.2) is 60.0 Å². The molecule has 0 radical (unpaired) electrons. The van der Waals surface area contributed by atoms with E-state index in [0.717, 1.165) is 5.69 Å². The minimum Gasteiger partial charge on any atom is -0.383 e. The molecule has 0 aliphatic carbocycles. The molecule has 0 spiro atoms. The van der Waals surface area contributed by atoms with E-state index in [2.05, 4.69) is 25.0 Å². The van der Waals surface area contributed by atoms with Gasteiger partial charge in [0.15, 0.2) is 11.9 Å². The highest BCUT2D eigenvalue weighted by Crippen LogP contribution is 2.27. The molecule has 1 aliphatic rings. The number of hydrogen-bond donors (Lipinski definition) is 3. The van der Waals surface area contributed by atoms with Crippen LogP contribution < -0.4 is 16.2 Å². The summed E-state index contributed by atoms with van der Waals surface area (Å²) in [7, 11) is 0. The molecule has 5 aromatic rings. The van der Waals surface area contributed by atoms with Crippen molar-refractivity contribution in [1.82, 2.24) is 29.7 Å². The monoisotopic (exact) mass is 484 g/mol. The molecule has 2 atom stereocenters. The zero-order valence-corrected chi connectivity index (χ0v) is 18.8. The SMILES string of the molecule is Nc1nccc2c1ccc1[nH]c([C@H](O)C3OCCN(c4ccn(-c5ccncc5)n4)C3=O)nc(=O)c12. The lowest BCUT2D eigenvalue weighted by molar-refractivity contribution is -0.143. The van der Waals surface area contributed by atoms with Gasteiger partial charge < -0.3 is 20.6 Å². The quantitative estimate of drug-likeness (QED) is 0.317. The second-order valence-corrected chi connectivity index (χ2v) is 8.26. The molecule has 1 aromatic carbocycles. The molecule has 1 unspecified atom stereocenters. The number of nitrogens with zero attached hydrogens (tertiary/aromatic N) is 6. The summed E-state index contributed by atoms with van der Waals surface area (Å²) in [5.74, 6) is 0.144. The first kappa shape index (κ1) is 21.8. The standard InChI is InChI=1S/C24H20N8O4/c25-21-15-1-2-16-18(14(15)5-9-27-21)23(34)29-22(28-16)19(33)20-24(35)31(11-12-36-20)17-6-10-32(30-17)13-3-7-26-8-4-13/h1-10,19-20,33H,11-12H2,(H2,25,27)(H,28,29,34)/t19-,20?/m1/s1. The predicted octanol–water partition coefficient (Wildman–Crippen LogP) is 1.10. The van der Waals surface area contributed by atoms with Crippen molar-refractivity contribution in [3.63, 3.8) is 0 Å². The Morgan fingerprint density at radius 3 is 2.75 bits per heavy atom. The van der Waals surface area contributed by atoms with E-state index in [4.69, 9.17) is 10.5 Å². The van der Waals surface area contributed by atoms with Gasteiger partial charge in [0, 0.05) is 41.6 Å². The second-order valence-electron chi connectivity index (χ2n) is 8.26. The van der Waals surface area contributed by atoms with Crippen molar-refractivity contribution in [2.24, 2.45) is 0 Å². The van der Waals surface area contributed by atoms with Gasteiger partial charge in [-0.1, -0.05) is 0 Å². The molecule has 1 fully saturated rings. The molecule has 4 N–H and O–H groups in total. The Labute approximate surface area is 203 Å². The number of H-pyrrole nitrogens is 1. The van der Waals surface area contributed by atoms with Gasteiger partial charge in [0.1, 0.15) is 17.7 Å². The van der Waals surface area contributed by atoms with E-state index in [9.17, 15) is 14.7 Å². The number of nitrogen functional groups attached to an aromatic ring is 1. The molecule has 180 valence electrons. The molecular weight excluding hydrogens is 464 g/mol. The number of amides is 1. The van der Waals surface area contributed by atoms with Crippen molar-refractivity contribution in [2.75, 3.05) is 23.8 Å². The van der Waals surface area contributed by atoms with Crippen molar-refractivity contribution in [3.8, 4) is 5.69 Å². The van der Waals surface area contributed by atoms with Crippen LogP contribution in [0.4, 0.5) is 11.6 Å². The minimum absolute atomic E-state index is 0.0728. The van der Waals surface area contributed by atoms with Gasteiger partial charge in [0.25, 0.3) is 11.5 Å². The number of morpholine rings is 1. The van der Waals surface area contributed by atoms with Gasteiger partial charge in [-0.3, -0.25) is 19.5 Å². The third-order valence-electron chi connectivity index (χ3n) is 6.14. The van der Waals surface area contributed by atoms with Gasteiger partial charge in [-0.05, 0) is 30.3 Å². The van der Waals surface area contributed by atoms with E-state index in [1.54, 1.807) is 59.7 Å². The van der Waals surface area contributed by atoms with Crippen LogP contribution in [-0.2, 0) is 9.53 Å². The number of pyridine rings is 2. The third kappa shape index (κ3) is 3.56. The number of ether oxygens (including phenoxy) is 1. The summed E-state index contributed by atoms with van der Waals surface area (Å²) in [5, 5.41) is 17.1. The molecule has 0 bridgehead atoms. The number of nitrogens with one attached hydrogen (secondary N) is 1. The minimum atomic E-state index is -1.50. The van der Waals surface area contributed by atoms with Crippen molar-refractivity contribution >= 4 is 39.2 Å². The van der Waals surface area contributed by atoms with E-state index >= 15 is 0 Å². The number of carbonyl (C=O) groups excluding carboxylic acids is 1. The van der Waals surface area contributed by atoms with Crippen LogP contribution in [0.5, 0.6) is 0 Å². The van der Waals surface area contributed by atoms with Gasteiger partial charge in [0.05, 0.1) is 29.7 Å². The van der Waals surface area contributed by atoms with Crippen LogP contribution in [0.3, 0.4) is 0 Å². The van der Waals surface area contributed by atoms with Gasteiger partial charge in [-0.2, -0.15) is 4.98 Å². The first-order valence-electron chi connectivity index (χ1n) is 11.2. The number of carbonyl (C=O) groups is 1. The molecule has 1 saturated heterocycles. The number of rotatable bonds is 4. The van der Waals surface area contributed by atoms with Crippen LogP contribution in [0.25, 0.3) is 27.4 Å². The maximum Gasteiger partial charge on any atom is 0.281 e. The zero-order valence-electron chi connectivity index (χ0n) is 18.8. The van der Waals surface area contributed by atoms with Crippen LogP contribution in [0.1, 0.15) is 11.9 Å². The molecule has 1 aliphatic heterocycles. The molecule has 0 saturated carbocycles. The number of nitrogens with two attached hydrogens (primary N) is 1. The Bertz CT molecular complexity index is 1670. The molecule has 12 nitrogen and oxygen atoms in total. The van der Waals surface area contributed by atoms with E-state index < -0.39 is 23.7 Å². The van der Waals surface area contributed by atoms with Crippen molar-refractivity contribution in [2.45, 2.75) is 12.2 Å². The van der Waals surface area contributed by atoms with Gasteiger partial charge in [0.2, 0.25) is 0 Å². The summed E-state index contributed by atoms with van der Waals surface area (Å²) in [6.45, 7) is 0.433. The first-order chi connectivity index (χ1) is 17.5. The third-order valence-corrected chi connectivity index (χ3v) is 6.14. The number of aliphatic hydroxyl groups is 1. The lowest BCUT2D eigenvalue weighted by Crippen LogP contribution is -2.50. The van der Waals surface area contributed by atoms with E-state index in [1.807, 2.05) is 0 Å². The Balaban J connectivity index is 1.32. The highest BCUT2D eigenvalue weighted by atomic mass is 16.5. The molecule has 1 amide bonds. The van der Waals surface area contributed by atoms with Crippen LogP contribution in [0.15, 0.2) is 66.0 Å². The van der Waals surface area contributed by atoms with Gasteiger partial charge in [-0.15, -0.1) is 5.10 Å². The summed E-state index contributed by atoms with van der Waals surface area (Å²) in [5.41, 5.74) is 6.60. The van der Waals surface area contributed by atoms with Crippen LogP contribution in [0.2, 0.25) is 0 Å². The average Bonchev–Trinajstić information content (AvgIpc) is 3.39. The normalized spacial score (nSPS) is 17.1. The summed E-state index contributed by atoms with van der Waals surface area (Å²) < 4.78 is 7.24. The molecule has 12 heteroatoms. The molecule has 6 rings (SSSR count). The maximum atomic E-state index is 13.3. The fraction of sp³-hybridized carbons (Fsp3) is 0.167. The van der Waals surface area contributed by atoms with Gasteiger partial charge in [-0.25, -0.2) is 9.67 Å². The van der Waals surface area contributed by atoms with Crippen molar-refractivity contribution < 1.29 is 14.6 Å². The Morgan fingerprint density at radius 1 is 1.08 bits per heavy atom. The highest BCUT2D eigenvalue weighted by Gasteiger charge is 2.38. The van der Waals surface area contributed by atoms with Crippen molar-refractivity contribution in [3.05, 3.63) is 77.4 Å². The maximum absolute atomic E-state index is 13.3. The molecule has 4 aromatic heterocycles. The van der Waals surface area contributed by atoms with E-state index in [1.165, 1.54) is 11.1 Å². The van der Waals surface area contributed by atoms with E-state index in [0.29, 0.717) is 33.3 Å². The summed E-state index contributed by atoms with van der Waals surface area (Å²) >= 11 is 0. The molecular formula is C24H20N8O4. The number of anilines is 2. The summed E-state index contributed by atoms with van der Waals surface area (Å²) in [6, 6.07) is 10.4. The number of fused-ring (bicyclic) bond motifs is 3. The number of hydrogen-bond acceptors (Lipinski definition) is 9. The number of aromatic nitrogens is 6. The van der Waals surface area contributed by atoms with Crippen molar-refractivity contribution in [1.29, 1.82) is 0 Å². The first-order valence-corrected chi connectivity index (χ1v) is 11.2. The lowest BCUT2D eigenvalue weighted by Gasteiger charge is -2.32. The fourth-order valence-corrected chi connectivity index (χ4v) is 4.39. The van der Waals surface area contributed by atoms with E-state index in [-0.39, 0.29) is 19.0 Å². The number of benzene rings is 1. The fourth-order valence-electron chi connectivity index (χ4n) is 4.39. The van der Waals surface area contributed by atoms with Gasteiger partial charge >= 0.3 is 0 Å².